The van der Waals surface area contributed by atoms with E-state index >= 15 is 0 Å². The molecule has 1 amide bonds. The normalized spacial score (nSPS) is 21.3. The summed E-state index contributed by atoms with van der Waals surface area (Å²) in [5.74, 6) is -0.382. The molecule has 2 N–H and O–H groups in total. The molecule has 5 nitrogen and oxygen atoms in total. The highest BCUT2D eigenvalue weighted by molar-refractivity contribution is 6.32. The van der Waals surface area contributed by atoms with Crippen LogP contribution in [0.4, 0.5) is 0 Å². The minimum atomic E-state index is -0.406. The molecule has 2 aromatic rings. The van der Waals surface area contributed by atoms with Gasteiger partial charge in [-0.05, 0) is 47.6 Å². The summed E-state index contributed by atoms with van der Waals surface area (Å²) in [6, 6.07) is 11.6. The van der Waals surface area contributed by atoms with Crippen molar-refractivity contribution in [3.63, 3.8) is 0 Å². The SMILES string of the molecule is CCc1ccc(C2CC(=O)C3=C(C2)NC(=O)CC3c2cc(Cl)c(O)c(OC)c2)cc1. The summed E-state index contributed by atoms with van der Waals surface area (Å²) in [6.45, 7) is 2.11. The van der Waals surface area contributed by atoms with Crippen LogP contribution >= 0.6 is 11.6 Å². The average Bonchev–Trinajstić information content (AvgIpc) is 2.74. The number of allylic oxidation sites excluding steroid dienone is 2. The molecule has 2 unspecified atom stereocenters. The Bertz CT molecular complexity index is 1040. The highest BCUT2D eigenvalue weighted by Crippen LogP contribution is 2.45. The number of ketones is 1. The molecular weight excluding hydrogens is 402 g/mol. The zero-order valence-electron chi connectivity index (χ0n) is 17.0. The molecule has 0 saturated heterocycles. The summed E-state index contributed by atoms with van der Waals surface area (Å²) in [5, 5.41) is 13.1. The van der Waals surface area contributed by atoms with Crippen LogP contribution in [0.3, 0.4) is 0 Å². The maximum Gasteiger partial charge on any atom is 0.225 e. The molecule has 4 rings (SSSR count). The van der Waals surface area contributed by atoms with E-state index in [1.165, 1.54) is 12.7 Å². The number of rotatable bonds is 4. The second-order valence-electron chi connectivity index (χ2n) is 7.87. The van der Waals surface area contributed by atoms with Gasteiger partial charge in [0.2, 0.25) is 5.91 Å². The molecule has 0 fully saturated rings. The van der Waals surface area contributed by atoms with Crippen molar-refractivity contribution in [3.05, 3.63) is 69.4 Å². The van der Waals surface area contributed by atoms with Crippen molar-refractivity contribution in [3.8, 4) is 11.5 Å². The van der Waals surface area contributed by atoms with E-state index in [4.69, 9.17) is 16.3 Å². The first-order valence-corrected chi connectivity index (χ1v) is 10.5. The quantitative estimate of drug-likeness (QED) is 0.749. The number of nitrogens with one attached hydrogen (secondary N) is 1. The summed E-state index contributed by atoms with van der Waals surface area (Å²) in [7, 11) is 1.44. The molecule has 2 aliphatic rings. The van der Waals surface area contributed by atoms with Crippen LogP contribution in [0.25, 0.3) is 0 Å². The van der Waals surface area contributed by atoms with E-state index in [9.17, 15) is 14.7 Å². The Morgan fingerprint density at radius 1 is 1.10 bits per heavy atom. The third-order valence-electron chi connectivity index (χ3n) is 6.07. The highest BCUT2D eigenvalue weighted by atomic mass is 35.5. The largest absolute Gasteiger partial charge is 0.503 e. The number of hydrogen-bond donors (Lipinski definition) is 2. The number of Topliss-reactive ketones (excluding diaryl/α,β-unsaturated/α-hetero) is 1. The maximum atomic E-state index is 13.2. The Hall–Kier alpha value is -2.79. The predicted molar refractivity (Wildman–Crippen MR) is 115 cm³/mol. The van der Waals surface area contributed by atoms with E-state index in [-0.39, 0.29) is 40.6 Å². The summed E-state index contributed by atoms with van der Waals surface area (Å²) >= 11 is 6.16. The Balaban J connectivity index is 1.71. The Kier molecular flexibility index (Phi) is 5.56. The van der Waals surface area contributed by atoms with Crippen LogP contribution in [-0.2, 0) is 16.0 Å². The average molecular weight is 426 g/mol. The Labute approximate surface area is 180 Å². The van der Waals surface area contributed by atoms with E-state index in [0.29, 0.717) is 29.7 Å². The molecular formula is C24H24ClNO4. The molecule has 1 aliphatic heterocycles. The number of carbonyl (C=O) groups excluding carboxylic acids is 2. The molecule has 2 aromatic carbocycles. The van der Waals surface area contributed by atoms with Gasteiger partial charge in [-0.15, -0.1) is 0 Å². The van der Waals surface area contributed by atoms with Crippen LogP contribution in [0.5, 0.6) is 11.5 Å². The van der Waals surface area contributed by atoms with Gasteiger partial charge in [-0.3, -0.25) is 9.59 Å². The van der Waals surface area contributed by atoms with Crippen LogP contribution in [0.1, 0.15) is 54.7 Å². The zero-order valence-corrected chi connectivity index (χ0v) is 17.8. The molecule has 30 heavy (non-hydrogen) atoms. The first-order chi connectivity index (χ1) is 14.4. The Morgan fingerprint density at radius 3 is 2.50 bits per heavy atom. The van der Waals surface area contributed by atoms with E-state index < -0.39 is 5.92 Å². The van der Waals surface area contributed by atoms with Crippen LogP contribution in [0.2, 0.25) is 5.02 Å². The molecule has 0 spiro atoms. The van der Waals surface area contributed by atoms with Gasteiger partial charge in [-0.1, -0.05) is 42.8 Å². The topological polar surface area (TPSA) is 75.6 Å². The number of amides is 1. The summed E-state index contributed by atoms with van der Waals surface area (Å²) < 4.78 is 5.20. The fourth-order valence-electron chi connectivity index (χ4n) is 4.46. The number of aryl methyl sites for hydroxylation is 1. The van der Waals surface area contributed by atoms with E-state index in [2.05, 4.69) is 36.5 Å². The predicted octanol–water partition coefficient (Wildman–Crippen LogP) is 4.62. The van der Waals surface area contributed by atoms with E-state index in [0.717, 1.165) is 12.0 Å². The molecule has 1 heterocycles. The third-order valence-corrected chi connectivity index (χ3v) is 6.36. The minimum Gasteiger partial charge on any atom is -0.503 e. The number of halogens is 1. The number of aromatic hydroxyl groups is 1. The molecule has 6 heteroatoms. The highest BCUT2D eigenvalue weighted by Gasteiger charge is 2.38. The molecule has 0 aromatic heterocycles. The first-order valence-electron chi connectivity index (χ1n) is 10.1. The van der Waals surface area contributed by atoms with Gasteiger partial charge in [0.05, 0.1) is 12.1 Å². The number of methoxy groups -OCH3 is 1. The van der Waals surface area contributed by atoms with Gasteiger partial charge in [-0.25, -0.2) is 0 Å². The third kappa shape index (κ3) is 3.70. The van der Waals surface area contributed by atoms with Crippen LogP contribution in [0, 0.1) is 0 Å². The standard InChI is InChI=1S/C24H24ClNO4/c1-3-13-4-6-14(7-5-13)15-9-19-23(20(27)10-15)17(12-22(28)26-19)16-8-18(25)24(29)21(11-16)30-2/h4-8,11,15,17,29H,3,9-10,12H2,1-2H3,(H,26,28). The number of carbonyl (C=O) groups is 2. The lowest BCUT2D eigenvalue weighted by atomic mass is 9.73. The van der Waals surface area contributed by atoms with Crippen molar-refractivity contribution in [2.45, 2.75) is 44.4 Å². The van der Waals surface area contributed by atoms with Gasteiger partial charge in [0.15, 0.2) is 17.3 Å². The number of phenolic OH excluding ortho intramolecular Hbond substituents is 1. The lowest BCUT2D eigenvalue weighted by Crippen LogP contribution is -2.38. The van der Waals surface area contributed by atoms with Crippen LogP contribution in [0.15, 0.2) is 47.7 Å². The first kappa shape index (κ1) is 20.5. The number of hydrogen-bond acceptors (Lipinski definition) is 4. The fourth-order valence-corrected chi connectivity index (χ4v) is 4.68. The van der Waals surface area contributed by atoms with Crippen molar-refractivity contribution >= 4 is 23.3 Å². The van der Waals surface area contributed by atoms with E-state index in [1.54, 1.807) is 12.1 Å². The van der Waals surface area contributed by atoms with Gasteiger partial charge in [0.1, 0.15) is 0 Å². The monoisotopic (exact) mass is 425 g/mol. The second kappa shape index (κ2) is 8.15. The van der Waals surface area contributed by atoms with Gasteiger partial charge < -0.3 is 15.2 Å². The summed E-state index contributed by atoms with van der Waals surface area (Å²) in [5.41, 5.74) is 4.39. The number of benzene rings is 2. The lowest BCUT2D eigenvalue weighted by Gasteiger charge is -2.34. The van der Waals surface area contributed by atoms with Gasteiger partial charge in [0, 0.05) is 30.0 Å². The second-order valence-corrected chi connectivity index (χ2v) is 8.28. The van der Waals surface area contributed by atoms with Crippen LogP contribution in [-0.4, -0.2) is 23.9 Å². The number of ether oxygens (including phenoxy) is 1. The fraction of sp³-hybridized carbons (Fsp3) is 0.333. The van der Waals surface area contributed by atoms with Crippen molar-refractivity contribution in [2.75, 3.05) is 7.11 Å². The molecule has 2 atom stereocenters. The molecule has 0 saturated carbocycles. The molecule has 0 radical (unpaired) electrons. The molecule has 156 valence electrons. The molecule has 0 bridgehead atoms. The van der Waals surface area contributed by atoms with Gasteiger partial charge in [-0.2, -0.15) is 0 Å². The summed E-state index contributed by atoms with van der Waals surface area (Å²) in [4.78, 5) is 25.7. The summed E-state index contributed by atoms with van der Waals surface area (Å²) in [6.07, 6.45) is 2.14. The number of phenols is 1. The zero-order chi connectivity index (χ0) is 21.4. The Morgan fingerprint density at radius 2 is 1.83 bits per heavy atom. The molecule has 1 aliphatic carbocycles. The van der Waals surface area contributed by atoms with Crippen molar-refractivity contribution in [1.82, 2.24) is 5.32 Å². The van der Waals surface area contributed by atoms with Crippen molar-refractivity contribution in [2.24, 2.45) is 0 Å². The maximum absolute atomic E-state index is 13.2. The van der Waals surface area contributed by atoms with E-state index in [1.807, 2.05) is 0 Å². The van der Waals surface area contributed by atoms with Crippen molar-refractivity contribution < 1.29 is 19.4 Å². The minimum absolute atomic E-state index is 0.0361. The van der Waals surface area contributed by atoms with Crippen LogP contribution < -0.4 is 10.1 Å². The van der Waals surface area contributed by atoms with Gasteiger partial charge >= 0.3 is 0 Å². The smallest absolute Gasteiger partial charge is 0.225 e. The van der Waals surface area contributed by atoms with Crippen molar-refractivity contribution in [1.29, 1.82) is 0 Å². The lowest BCUT2D eigenvalue weighted by molar-refractivity contribution is -0.122. The van der Waals surface area contributed by atoms with Gasteiger partial charge in [0.25, 0.3) is 0 Å².